The number of alkyl carbamates (subject to hydrolysis) is 1. The van der Waals surface area contributed by atoms with E-state index in [1.54, 1.807) is 5.32 Å². The molecule has 0 spiro atoms. The molecule has 0 atom stereocenters. The zero-order chi connectivity index (χ0) is 23.8. The van der Waals surface area contributed by atoms with Gasteiger partial charge in [0.15, 0.2) is 5.75 Å². The number of amides is 2. The number of carbonyl (C=O) groups is 2. The van der Waals surface area contributed by atoms with Crippen LogP contribution in [0.1, 0.15) is 18.9 Å². The van der Waals surface area contributed by atoms with Crippen molar-refractivity contribution in [1.82, 2.24) is 15.5 Å². The molecule has 1 heterocycles. The fraction of sp³-hybridized carbons (Fsp3) is 0.176. The van der Waals surface area contributed by atoms with Gasteiger partial charge in [0.2, 0.25) is 11.6 Å². The highest BCUT2D eigenvalue weighted by molar-refractivity contribution is 6.47. The Morgan fingerprint density at radius 3 is 2.53 bits per heavy atom. The molecule has 1 aromatic carbocycles. The maximum absolute atomic E-state index is 13.1. The number of carbonyl (C=O) groups excluding carboxylic acids is 2. The Morgan fingerprint density at radius 1 is 1.31 bits per heavy atom. The van der Waals surface area contributed by atoms with Crippen molar-refractivity contribution in [3.8, 4) is 17.7 Å². The number of hydrogen-bond acceptors (Lipinski definition) is 9. The number of H-pyrrole nitrogens is 1. The van der Waals surface area contributed by atoms with Gasteiger partial charge in [-0.3, -0.25) is 20.3 Å². The molecule has 0 bridgehead atoms. The summed E-state index contributed by atoms with van der Waals surface area (Å²) in [5, 5.41) is 19.4. The molecule has 32 heavy (non-hydrogen) atoms. The van der Waals surface area contributed by atoms with Crippen LogP contribution in [0.25, 0.3) is 0 Å². The van der Waals surface area contributed by atoms with Gasteiger partial charge in [0.25, 0.3) is 17.9 Å². The number of ether oxygens (including phenoxy) is 2. The van der Waals surface area contributed by atoms with Crippen molar-refractivity contribution < 1.29 is 27.8 Å². The van der Waals surface area contributed by atoms with Gasteiger partial charge < -0.3 is 9.47 Å². The van der Waals surface area contributed by atoms with E-state index >= 15 is 0 Å². The lowest BCUT2D eigenvalue weighted by Crippen LogP contribution is -2.36. The van der Waals surface area contributed by atoms with Crippen LogP contribution in [-0.2, 0) is 9.53 Å². The molecule has 0 aliphatic heterocycles. The van der Waals surface area contributed by atoms with E-state index in [0.29, 0.717) is 6.07 Å². The maximum Gasteiger partial charge on any atom is 0.414 e. The van der Waals surface area contributed by atoms with Gasteiger partial charge in [-0.25, -0.2) is 18.7 Å². The Hall–Kier alpha value is -3.76. The summed E-state index contributed by atoms with van der Waals surface area (Å²) in [4.78, 5) is 34.3. The predicted octanol–water partition coefficient (Wildman–Crippen LogP) is 3.37. The molecule has 3 N–H and O–H groups in total. The largest absolute Gasteiger partial charge is 0.450 e. The van der Waals surface area contributed by atoms with Crippen molar-refractivity contribution in [1.29, 1.82) is 5.26 Å². The van der Waals surface area contributed by atoms with Gasteiger partial charge in [0.05, 0.1) is 27.9 Å². The summed E-state index contributed by atoms with van der Waals surface area (Å²) in [7, 11) is 0. The Labute approximate surface area is 187 Å². The number of nitriles is 1. The third-order valence-corrected chi connectivity index (χ3v) is 3.90. The number of hydrazone groups is 1. The highest BCUT2D eigenvalue weighted by atomic mass is 35.5. The van der Waals surface area contributed by atoms with Crippen LogP contribution in [0.4, 0.5) is 19.3 Å². The number of halogens is 4. The van der Waals surface area contributed by atoms with Crippen LogP contribution in [0.15, 0.2) is 28.1 Å². The molecule has 0 aliphatic carbocycles. The molecule has 0 radical (unpaired) electrons. The molecule has 2 aromatic rings. The number of anilines is 1. The molecule has 0 aliphatic rings. The maximum atomic E-state index is 13.1. The molecule has 0 unspecified atom stereocenters. The minimum Gasteiger partial charge on any atom is -0.450 e. The molecular formula is C17H12Cl2F2N6O5. The summed E-state index contributed by atoms with van der Waals surface area (Å²) >= 11 is 12.1. The molecule has 0 fully saturated rings. The van der Waals surface area contributed by atoms with Crippen LogP contribution < -0.4 is 21.0 Å². The van der Waals surface area contributed by atoms with Gasteiger partial charge in [-0.05, 0) is 19.1 Å². The first-order chi connectivity index (χ1) is 15.2. The molecule has 1 aromatic heterocycles. The van der Waals surface area contributed by atoms with Crippen molar-refractivity contribution >= 4 is 46.6 Å². The minimum absolute atomic E-state index is 0.00913. The Kier molecular flexibility index (Phi) is 8.45. The number of rotatable bonds is 7. The topological polar surface area (TPSA) is 159 Å². The van der Waals surface area contributed by atoms with Crippen LogP contribution in [0.2, 0.25) is 10.0 Å². The first-order valence-electron chi connectivity index (χ1n) is 8.42. The summed E-state index contributed by atoms with van der Waals surface area (Å²) in [5.74, 6) is -2.01. The van der Waals surface area contributed by atoms with Crippen LogP contribution in [-0.4, -0.2) is 34.5 Å². The molecular weight excluding hydrogens is 477 g/mol. The number of imide groups is 1. The second-order valence-corrected chi connectivity index (χ2v) is 6.34. The third kappa shape index (κ3) is 6.37. The molecule has 168 valence electrons. The Bertz CT molecular complexity index is 1140. The molecule has 0 saturated carbocycles. The highest BCUT2D eigenvalue weighted by Gasteiger charge is 2.20. The first kappa shape index (κ1) is 24.5. The average molecular weight is 489 g/mol. The molecule has 11 nitrogen and oxygen atoms in total. The third-order valence-electron chi connectivity index (χ3n) is 3.34. The van der Waals surface area contributed by atoms with Crippen molar-refractivity contribution in [3.63, 3.8) is 0 Å². The Balaban J connectivity index is 2.24. The van der Waals surface area contributed by atoms with Crippen LogP contribution in [0.3, 0.4) is 0 Å². The van der Waals surface area contributed by atoms with E-state index in [1.165, 1.54) is 25.1 Å². The Morgan fingerprint density at radius 2 is 1.97 bits per heavy atom. The highest BCUT2D eigenvalue weighted by Crippen LogP contribution is 2.40. The number of benzene rings is 1. The molecule has 15 heteroatoms. The summed E-state index contributed by atoms with van der Waals surface area (Å²) < 4.78 is 36.0. The molecule has 2 amide bonds. The fourth-order valence-corrected chi connectivity index (χ4v) is 2.59. The smallest absolute Gasteiger partial charge is 0.414 e. The van der Waals surface area contributed by atoms with E-state index in [9.17, 15) is 23.2 Å². The minimum atomic E-state index is -3.06. The van der Waals surface area contributed by atoms with Crippen molar-refractivity contribution in [2.45, 2.75) is 13.3 Å². The van der Waals surface area contributed by atoms with E-state index < -0.39 is 41.1 Å². The van der Waals surface area contributed by atoms with Gasteiger partial charge in [-0.2, -0.15) is 10.4 Å². The molecule has 0 saturated heterocycles. The number of nitrogens with one attached hydrogen (secondary N) is 3. The van der Waals surface area contributed by atoms with Gasteiger partial charge in [-0.1, -0.05) is 23.2 Å². The zero-order valence-electron chi connectivity index (χ0n) is 15.9. The van der Waals surface area contributed by atoms with E-state index in [1.807, 2.05) is 5.10 Å². The van der Waals surface area contributed by atoms with Crippen LogP contribution in [0.5, 0.6) is 11.6 Å². The lowest BCUT2D eigenvalue weighted by Gasteiger charge is -2.12. The lowest BCUT2D eigenvalue weighted by atomic mass is 10.3. The quantitative estimate of drug-likeness (QED) is 0.395. The van der Waals surface area contributed by atoms with Gasteiger partial charge in [0, 0.05) is 6.07 Å². The summed E-state index contributed by atoms with van der Waals surface area (Å²) in [6.07, 6.45) is -4.12. The number of hydrogen-bond donors (Lipinski definition) is 3. The number of aromatic nitrogens is 2. The number of aromatic amines is 1. The fourth-order valence-electron chi connectivity index (χ4n) is 2.03. The van der Waals surface area contributed by atoms with E-state index in [2.05, 4.69) is 20.4 Å². The van der Waals surface area contributed by atoms with Crippen molar-refractivity contribution in [2.24, 2.45) is 5.10 Å². The second-order valence-electron chi connectivity index (χ2n) is 5.52. The second kappa shape index (κ2) is 11.0. The number of alkyl halides is 2. The van der Waals surface area contributed by atoms with Crippen molar-refractivity contribution in [2.75, 3.05) is 12.0 Å². The van der Waals surface area contributed by atoms with Crippen molar-refractivity contribution in [3.05, 3.63) is 44.2 Å². The van der Waals surface area contributed by atoms with E-state index in [-0.39, 0.29) is 28.1 Å². The van der Waals surface area contributed by atoms with Crippen LogP contribution in [0, 0.1) is 11.3 Å². The number of nitrogens with zero attached hydrogens (tertiary/aromatic N) is 3. The summed E-state index contributed by atoms with van der Waals surface area (Å²) in [6.45, 7) is 1.53. The normalized spacial score (nSPS) is 11.0. The van der Waals surface area contributed by atoms with E-state index in [0.717, 1.165) is 0 Å². The van der Waals surface area contributed by atoms with Gasteiger partial charge in [0.1, 0.15) is 6.07 Å². The molecule has 2 rings (SSSR count). The summed E-state index contributed by atoms with van der Waals surface area (Å²) in [6, 6.07) is 4.48. The first-order valence-corrected chi connectivity index (χ1v) is 9.18. The van der Waals surface area contributed by atoms with Gasteiger partial charge in [-0.15, -0.1) is 5.10 Å². The SMILES string of the molecule is CCOC(=O)NC(=O)/C(C#N)=N/Nc1cc(Cl)c(Oc2n[nH]c(=O)cc2C(F)F)c(Cl)c1. The summed E-state index contributed by atoms with van der Waals surface area (Å²) in [5.41, 5.74) is 0.0576. The predicted molar refractivity (Wildman–Crippen MR) is 108 cm³/mol. The zero-order valence-corrected chi connectivity index (χ0v) is 17.4. The van der Waals surface area contributed by atoms with Crippen LogP contribution >= 0.6 is 23.2 Å². The average Bonchev–Trinajstić information content (AvgIpc) is 2.72. The lowest BCUT2D eigenvalue weighted by molar-refractivity contribution is -0.114. The van der Waals surface area contributed by atoms with E-state index in [4.69, 9.17) is 33.2 Å². The van der Waals surface area contributed by atoms with Gasteiger partial charge >= 0.3 is 6.09 Å². The monoisotopic (exact) mass is 488 g/mol. The standard InChI is InChI=1S/C17H12Cl2F2N6O5/c1-2-31-17(30)23-15(29)11(6-22)25-24-7-3-9(18)13(10(19)4-7)32-16-8(14(20)21)5-12(28)26-27-16/h3-5,14,24H,2H2,1H3,(H,26,28)(H,23,29,30)/b25-11+.